The molecular formula is C11H9IN2O. The predicted octanol–water partition coefficient (Wildman–Crippen LogP) is 2.27. The van der Waals surface area contributed by atoms with Crippen molar-refractivity contribution in [3.8, 4) is 0 Å². The Morgan fingerprint density at radius 3 is 2.80 bits per heavy atom. The van der Waals surface area contributed by atoms with Gasteiger partial charge in [0.25, 0.3) is 5.91 Å². The molecule has 0 saturated carbocycles. The Morgan fingerprint density at radius 1 is 1.33 bits per heavy atom. The van der Waals surface area contributed by atoms with Gasteiger partial charge in [-0.3, -0.25) is 4.79 Å². The first kappa shape index (κ1) is 10.4. The summed E-state index contributed by atoms with van der Waals surface area (Å²) in [6.07, 6.45) is 0. The van der Waals surface area contributed by atoms with Crippen LogP contribution in [0, 0.1) is 0 Å². The van der Waals surface area contributed by atoms with E-state index < -0.39 is 5.91 Å². The third-order valence-corrected chi connectivity index (χ3v) is 3.04. The molecule has 0 unspecified atom stereocenters. The Hall–Kier alpha value is -1.17. The van der Waals surface area contributed by atoms with E-state index >= 15 is 0 Å². The van der Waals surface area contributed by atoms with Crippen molar-refractivity contribution >= 4 is 39.4 Å². The molecule has 1 aromatic heterocycles. The van der Waals surface area contributed by atoms with E-state index in [0.29, 0.717) is 5.69 Å². The van der Waals surface area contributed by atoms with Gasteiger partial charge in [0.1, 0.15) is 5.69 Å². The number of benzene rings is 1. The summed E-state index contributed by atoms with van der Waals surface area (Å²) in [7, 11) is 0. The second kappa shape index (κ2) is 4.14. The summed E-state index contributed by atoms with van der Waals surface area (Å²) in [6.45, 7) is 0. The SMILES string of the molecule is NC(=O)c1ccc2cc(CI)ccc2n1. The molecule has 2 N–H and O–H groups in total. The summed E-state index contributed by atoms with van der Waals surface area (Å²) in [5.74, 6) is -0.491. The van der Waals surface area contributed by atoms with Gasteiger partial charge >= 0.3 is 0 Å². The zero-order chi connectivity index (χ0) is 10.8. The predicted molar refractivity (Wildman–Crippen MR) is 68.0 cm³/mol. The molecule has 3 nitrogen and oxygen atoms in total. The van der Waals surface area contributed by atoms with Crippen LogP contribution in [0.1, 0.15) is 16.1 Å². The Morgan fingerprint density at radius 2 is 2.13 bits per heavy atom. The van der Waals surface area contributed by atoms with E-state index in [1.807, 2.05) is 18.2 Å². The third kappa shape index (κ3) is 2.09. The number of rotatable bonds is 2. The van der Waals surface area contributed by atoms with Gasteiger partial charge in [0.15, 0.2) is 0 Å². The average Bonchev–Trinajstić information content (AvgIpc) is 2.27. The lowest BCUT2D eigenvalue weighted by Gasteiger charge is -2.01. The first-order valence-electron chi connectivity index (χ1n) is 4.46. The number of hydrogen-bond acceptors (Lipinski definition) is 2. The van der Waals surface area contributed by atoms with Crippen LogP contribution in [0.15, 0.2) is 30.3 Å². The summed E-state index contributed by atoms with van der Waals surface area (Å²) in [5, 5.41) is 1.04. The molecule has 1 aromatic carbocycles. The first-order valence-corrected chi connectivity index (χ1v) is 5.99. The Labute approximate surface area is 101 Å². The van der Waals surface area contributed by atoms with Crippen LogP contribution >= 0.6 is 22.6 Å². The first-order chi connectivity index (χ1) is 7.20. The summed E-state index contributed by atoms with van der Waals surface area (Å²) in [4.78, 5) is 15.1. The number of primary amides is 1. The van der Waals surface area contributed by atoms with Crippen LogP contribution in [0.25, 0.3) is 10.9 Å². The molecule has 2 aromatic rings. The van der Waals surface area contributed by atoms with Crippen molar-refractivity contribution in [1.29, 1.82) is 0 Å². The van der Waals surface area contributed by atoms with Crippen molar-refractivity contribution in [3.05, 3.63) is 41.6 Å². The number of hydrogen-bond donors (Lipinski definition) is 1. The maximum absolute atomic E-state index is 10.9. The lowest BCUT2D eigenvalue weighted by atomic mass is 10.1. The van der Waals surface area contributed by atoms with Gasteiger partial charge < -0.3 is 5.73 Å². The molecule has 15 heavy (non-hydrogen) atoms. The maximum atomic E-state index is 10.9. The van der Waals surface area contributed by atoms with E-state index in [1.165, 1.54) is 5.56 Å². The second-order valence-electron chi connectivity index (χ2n) is 3.22. The Balaban J connectivity index is 2.59. The number of alkyl halides is 1. The van der Waals surface area contributed by atoms with E-state index in [-0.39, 0.29) is 0 Å². The fourth-order valence-electron chi connectivity index (χ4n) is 1.40. The highest BCUT2D eigenvalue weighted by Crippen LogP contribution is 2.16. The van der Waals surface area contributed by atoms with Gasteiger partial charge in [-0.1, -0.05) is 34.7 Å². The molecule has 76 valence electrons. The zero-order valence-electron chi connectivity index (χ0n) is 7.90. The summed E-state index contributed by atoms with van der Waals surface area (Å²) < 4.78 is 0.964. The number of pyridine rings is 1. The zero-order valence-corrected chi connectivity index (χ0v) is 10.1. The minimum absolute atomic E-state index is 0.310. The molecule has 0 saturated heterocycles. The highest BCUT2D eigenvalue weighted by Gasteiger charge is 2.03. The lowest BCUT2D eigenvalue weighted by molar-refractivity contribution is 0.0996. The number of amides is 1. The van der Waals surface area contributed by atoms with Gasteiger partial charge in [0, 0.05) is 9.81 Å². The maximum Gasteiger partial charge on any atom is 0.267 e. The molecule has 0 spiro atoms. The summed E-state index contributed by atoms with van der Waals surface area (Å²) >= 11 is 2.31. The molecule has 0 bridgehead atoms. The number of halogens is 1. The van der Waals surface area contributed by atoms with Crippen molar-refractivity contribution in [2.24, 2.45) is 5.73 Å². The molecule has 2 rings (SSSR count). The van der Waals surface area contributed by atoms with Crippen molar-refractivity contribution in [1.82, 2.24) is 4.98 Å². The molecule has 0 aliphatic rings. The van der Waals surface area contributed by atoms with Gasteiger partial charge in [-0.15, -0.1) is 0 Å². The third-order valence-electron chi connectivity index (χ3n) is 2.16. The van der Waals surface area contributed by atoms with Crippen LogP contribution in [-0.2, 0) is 4.43 Å². The fourth-order valence-corrected chi connectivity index (χ4v) is 1.87. The highest BCUT2D eigenvalue weighted by molar-refractivity contribution is 14.1. The number of carbonyl (C=O) groups is 1. The van der Waals surface area contributed by atoms with Crippen LogP contribution < -0.4 is 5.73 Å². The van der Waals surface area contributed by atoms with Gasteiger partial charge in [0.05, 0.1) is 5.52 Å². The number of nitrogens with zero attached hydrogens (tertiary/aromatic N) is 1. The number of carbonyl (C=O) groups excluding carboxylic acids is 1. The molecule has 1 heterocycles. The van der Waals surface area contributed by atoms with E-state index in [4.69, 9.17) is 5.73 Å². The van der Waals surface area contributed by atoms with Crippen LogP contribution in [0.4, 0.5) is 0 Å². The molecule has 0 aliphatic heterocycles. The second-order valence-corrected chi connectivity index (χ2v) is 3.98. The Kier molecular flexibility index (Phi) is 2.86. The van der Waals surface area contributed by atoms with E-state index in [1.54, 1.807) is 6.07 Å². The van der Waals surface area contributed by atoms with Crippen molar-refractivity contribution in [2.75, 3.05) is 0 Å². The topological polar surface area (TPSA) is 56.0 Å². The van der Waals surface area contributed by atoms with Crippen molar-refractivity contribution < 1.29 is 4.79 Å². The van der Waals surface area contributed by atoms with Crippen LogP contribution in [0.3, 0.4) is 0 Å². The van der Waals surface area contributed by atoms with Gasteiger partial charge in [-0.2, -0.15) is 0 Å². The van der Waals surface area contributed by atoms with Crippen molar-refractivity contribution in [2.45, 2.75) is 4.43 Å². The Bertz CT molecular complexity index is 525. The van der Waals surface area contributed by atoms with E-state index in [9.17, 15) is 4.79 Å². The quantitative estimate of drug-likeness (QED) is 0.683. The smallest absolute Gasteiger partial charge is 0.267 e. The molecular weight excluding hydrogens is 303 g/mol. The van der Waals surface area contributed by atoms with Gasteiger partial charge in [0.2, 0.25) is 0 Å². The van der Waals surface area contributed by atoms with Crippen LogP contribution in [-0.4, -0.2) is 10.9 Å². The summed E-state index contributed by atoms with van der Waals surface area (Å²) in [5.41, 5.74) is 7.52. The molecule has 0 fully saturated rings. The minimum Gasteiger partial charge on any atom is -0.364 e. The van der Waals surface area contributed by atoms with Crippen LogP contribution in [0.2, 0.25) is 0 Å². The fraction of sp³-hybridized carbons (Fsp3) is 0.0909. The standard InChI is InChI=1S/C11H9IN2O/c12-6-7-1-3-9-8(5-7)2-4-10(14-9)11(13)15/h1-5H,6H2,(H2,13,15). The van der Waals surface area contributed by atoms with E-state index in [0.717, 1.165) is 15.3 Å². The molecule has 1 amide bonds. The number of aromatic nitrogens is 1. The van der Waals surface area contributed by atoms with E-state index in [2.05, 4.69) is 33.6 Å². The van der Waals surface area contributed by atoms with Gasteiger partial charge in [-0.25, -0.2) is 4.98 Å². The molecule has 0 atom stereocenters. The normalized spacial score (nSPS) is 10.5. The monoisotopic (exact) mass is 312 g/mol. The molecule has 4 heteroatoms. The molecule has 0 aliphatic carbocycles. The average molecular weight is 312 g/mol. The minimum atomic E-state index is -0.491. The highest BCUT2D eigenvalue weighted by atomic mass is 127. The summed E-state index contributed by atoms with van der Waals surface area (Å²) in [6, 6.07) is 9.52. The molecule has 0 radical (unpaired) electrons. The lowest BCUT2D eigenvalue weighted by Crippen LogP contribution is -2.12. The van der Waals surface area contributed by atoms with Crippen molar-refractivity contribution in [3.63, 3.8) is 0 Å². The number of nitrogens with two attached hydrogens (primary N) is 1. The van der Waals surface area contributed by atoms with Crippen LogP contribution in [0.5, 0.6) is 0 Å². The largest absolute Gasteiger partial charge is 0.364 e. The van der Waals surface area contributed by atoms with Gasteiger partial charge in [-0.05, 0) is 23.8 Å². The number of fused-ring (bicyclic) bond motifs is 1.